The normalized spacial score (nSPS) is 36.6. The van der Waals surface area contributed by atoms with Gasteiger partial charge in [0.2, 0.25) is 0 Å². The molecule has 0 spiro atoms. The fraction of sp³-hybridized carbons (Fsp3) is 0.882. The summed E-state index contributed by atoms with van der Waals surface area (Å²) in [7, 11) is 0. The molecule has 2 saturated carbocycles. The van der Waals surface area contributed by atoms with E-state index in [4.69, 9.17) is 0 Å². The number of fused-ring (bicyclic) bond motifs is 2. The molecule has 0 aromatic heterocycles. The second-order valence-electron chi connectivity index (χ2n) is 6.98. The van der Waals surface area contributed by atoms with Crippen molar-refractivity contribution in [2.24, 2.45) is 23.7 Å². The van der Waals surface area contributed by atoms with Gasteiger partial charge in [-0.25, -0.2) is 0 Å². The Balaban J connectivity index is 1.32. The van der Waals surface area contributed by atoms with Crippen LogP contribution in [0.25, 0.3) is 0 Å². The summed E-state index contributed by atoms with van der Waals surface area (Å²) in [4.78, 5) is 0. The second kappa shape index (κ2) is 5.77. The highest BCUT2D eigenvalue weighted by Crippen LogP contribution is 2.44. The van der Waals surface area contributed by atoms with Crippen molar-refractivity contribution in [3.63, 3.8) is 0 Å². The summed E-state index contributed by atoms with van der Waals surface area (Å²) in [6.07, 6.45) is 16.7. The quantitative estimate of drug-likeness (QED) is 0.549. The topological polar surface area (TPSA) is 12.0 Å². The van der Waals surface area contributed by atoms with Crippen LogP contribution in [0, 0.1) is 23.7 Å². The molecule has 2 fully saturated rings. The van der Waals surface area contributed by atoms with Gasteiger partial charge in [-0.05, 0) is 62.8 Å². The van der Waals surface area contributed by atoms with E-state index in [1.54, 1.807) is 0 Å². The van der Waals surface area contributed by atoms with E-state index in [0.717, 1.165) is 29.7 Å². The maximum absolute atomic E-state index is 3.80. The zero-order chi connectivity index (χ0) is 12.4. The molecule has 1 heteroatoms. The molecule has 4 atom stereocenters. The Labute approximate surface area is 112 Å². The van der Waals surface area contributed by atoms with Gasteiger partial charge in [-0.1, -0.05) is 37.8 Å². The van der Waals surface area contributed by atoms with Crippen LogP contribution in [0.5, 0.6) is 0 Å². The molecule has 4 unspecified atom stereocenters. The molecule has 3 aliphatic carbocycles. The molecule has 0 aromatic carbocycles. The van der Waals surface area contributed by atoms with Gasteiger partial charge in [0.25, 0.3) is 0 Å². The van der Waals surface area contributed by atoms with E-state index in [-0.39, 0.29) is 0 Å². The van der Waals surface area contributed by atoms with Gasteiger partial charge in [-0.2, -0.15) is 0 Å². The van der Waals surface area contributed by atoms with Gasteiger partial charge in [0, 0.05) is 6.04 Å². The van der Waals surface area contributed by atoms with Gasteiger partial charge < -0.3 is 5.32 Å². The van der Waals surface area contributed by atoms with Gasteiger partial charge in [-0.15, -0.1) is 0 Å². The van der Waals surface area contributed by atoms with Crippen LogP contribution in [0.2, 0.25) is 0 Å². The van der Waals surface area contributed by atoms with Gasteiger partial charge in [0.05, 0.1) is 0 Å². The Morgan fingerprint density at radius 1 is 1.17 bits per heavy atom. The van der Waals surface area contributed by atoms with Crippen molar-refractivity contribution in [1.29, 1.82) is 0 Å². The lowest BCUT2D eigenvalue weighted by Gasteiger charge is -2.26. The highest BCUT2D eigenvalue weighted by molar-refractivity contribution is 5.11. The van der Waals surface area contributed by atoms with Gasteiger partial charge >= 0.3 is 0 Å². The maximum Gasteiger partial charge on any atom is 0.00728 e. The van der Waals surface area contributed by atoms with E-state index in [1.807, 2.05) is 0 Å². The molecule has 0 radical (unpaired) electrons. The van der Waals surface area contributed by atoms with Crippen LogP contribution in [0.1, 0.15) is 58.3 Å². The Kier molecular flexibility index (Phi) is 4.08. The monoisotopic (exact) mass is 247 g/mol. The van der Waals surface area contributed by atoms with Crippen molar-refractivity contribution in [2.45, 2.75) is 64.3 Å². The Hall–Kier alpha value is -0.300. The summed E-state index contributed by atoms with van der Waals surface area (Å²) in [6, 6.07) is 0.730. The van der Waals surface area contributed by atoms with E-state index >= 15 is 0 Å². The molecule has 2 bridgehead atoms. The zero-order valence-electron chi connectivity index (χ0n) is 11.9. The van der Waals surface area contributed by atoms with E-state index in [0.29, 0.717) is 0 Å². The average molecular weight is 247 g/mol. The number of hydrogen-bond acceptors (Lipinski definition) is 1. The molecule has 0 heterocycles. The predicted octanol–water partition coefficient (Wildman–Crippen LogP) is 4.15. The molecule has 3 aliphatic rings. The fourth-order valence-electron chi connectivity index (χ4n) is 4.57. The van der Waals surface area contributed by atoms with Crippen molar-refractivity contribution in [3.05, 3.63) is 12.2 Å². The van der Waals surface area contributed by atoms with Crippen LogP contribution in [0.15, 0.2) is 12.2 Å². The predicted molar refractivity (Wildman–Crippen MR) is 77.5 cm³/mol. The van der Waals surface area contributed by atoms with Crippen molar-refractivity contribution in [3.8, 4) is 0 Å². The van der Waals surface area contributed by atoms with E-state index in [2.05, 4.69) is 24.4 Å². The van der Waals surface area contributed by atoms with Gasteiger partial charge in [0.15, 0.2) is 0 Å². The van der Waals surface area contributed by atoms with E-state index in [9.17, 15) is 0 Å². The standard InChI is InChI=1S/C17H29N/c1-13(17-12-15-8-9-16(17)11-15)18-10-4-7-14-5-2-3-6-14/h8-9,13-18H,2-7,10-12H2,1H3. The fourth-order valence-corrected chi connectivity index (χ4v) is 4.57. The maximum atomic E-state index is 3.80. The third-order valence-electron chi connectivity index (χ3n) is 5.70. The number of allylic oxidation sites excluding steroid dienone is 2. The summed E-state index contributed by atoms with van der Waals surface area (Å²) >= 11 is 0. The van der Waals surface area contributed by atoms with Crippen LogP contribution >= 0.6 is 0 Å². The average Bonchev–Trinajstić information content (AvgIpc) is 3.10. The number of nitrogens with one attached hydrogen (secondary N) is 1. The van der Waals surface area contributed by atoms with Crippen molar-refractivity contribution in [1.82, 2.24) is 5.32 Å². The number of rotatable bonds is 6. The minimum Gasteiger partial charge on any atom is -0.314 e. The third kappa shape index (κ3) is 2.82. The smallest absolute Gasteiger partial charge is 0.00728 e. The molecule has 0 saturated heterocycles. The van der Waals surface area contributed by atoms with Crippen LogP contribution < -0.4 is 5.32 Å². The first-order valence-corrected chi connectivity index (χ1v) is 8.24. The van der Waals surface area contributed by atoms with Crippen LogP contribution in [-0.2, 0) is 0 Å². The molecule has 18 heavy (non-hydrogen) atoms. The Morgan fingerprint density at radius 2 is 2.00 bits per heavy atom. The minimum absolute atomic E-state index is 0.730. The SMILES string of the molecule is CC(NCCCC1CCCC1)C1CC2C=CC1C2. The molecule has 3 rings (SSSR count). The Morgan fingerprint density at radius 3 is 2.67 bits per heavy atom. The summed E-state index contributed by atoms with van der Waals surface area (Å²) < 4.78 is 0. The van der Waals surface area contributed by atoms with Crippen molar-refractivity contribution >= 4 is 0 Å². The first kappa shape index (κ1) is 12.7. The first-order valence-electron chi connectivity index (χ1n) is 8.24. The van der Waals surface area contributed by atoms with E-state index < -0.39 is 0 Å². The summed E-state index contributed by atoms with van der Waals surface area (Å²) in [5.74, 6) is 3.80. The van der Waals surface area contributed by atoms with Crippen LogP contribution in [0.3, 0.4) is 0 Å². The number of hydrogen-bond donors (Lipinski definition) is 1. The highest BCUT2D eigenvalue weighted by atomic mass is 14.9. The summed E-state index contributed by atoms with van der Waals surface area (Å²) in [5, 5.41) is 3.80. The Bertz CT molecular complexity index is 290. The lowest BCUT2D eigenvalue weighted by Crippen LogP contribution is -2.36. The van der Waals surface area contributed by atoms with Crippen molar-refractivity contribution < 1.29 is 0 Å². The highest BCUT2D eigenvalue weighted by Gasteiger charge is 2.38. The largest absolute Gasteiger partial charge is 0.314 e. The summed E-state index contributed by atoms with van der Waals surface area (Å²) in [5.41, 5.74) is 0. The van der Waals surface area contributed by atoms with Crippen LogP contribution in [0.4, 0.5) is 0 Å². The zero-order valence-corrected chi connectivity index (χ0v) is 11.9. The minimum atomic E-state index is 0.730. The van der Waals surface area contributed by atoms with E-state index in [1.165, 1.54) is 57.9 Å². The second-order valence-corrected chi connectivity index (χ2v) is 6.98. The van der Waals surface area contributed by atoms with Gasteiger partial charge in [0.1, 0.15) is 0 Å². The summed E-state index contributed by atoms with van der Waals surface area (Å²) in [6.45, 7) is 3.66. The molecular formula is C17H29N. The lowest BCUT2D eigenvalue weighted by molar-refractivity contribution is 0.322. The van der Waals surface area contributed by atoms with Gasteiger partial charge in [-0.3, -0.25) is 0 Å². The lowest BCUT2D eigenvalue weighted by atomic mass is 9.87. The molecule has 1 N–H and O–H groups in total. The molecule has 102 valence electrons. The van der Waals surface area contributed by atoms with Crippen LogP contribution in [-0.4, -0.2) is 12.6 Å². The first-order chi connectivity index (χ1) is 8.83. The molecule has 0 aromatic rings. The third-order valence-corrected chi connectivity index (χ3v) is 5.70. The molecular weight excluding hydrogens is 218 g/mol. The molecule has 1 nitrogen and oxygen atoms in total. The molecule has 0 aliphatic heterocycles. The molecule has 0 amide bonds. The van der Waals surface area contributed by atoms with Crippen molar-refractivity contribution in [2.75, 3.05) is 6.54 Å².